The summed E-state index contributed by atoms with van der Waals surface area (Å²) >= 11 is 3.16. The van der Waals surface area contributed by atoms with Crippen molar-refractivity contribution in [3.05, 3.63) is 61.1 Å². The fourth-order valence-corrected chi connectivity index (χ4v) is 7.16. The summed E-state index contributed by atoms with van der Waals surface area (Å²) in [6.45, 7) is 0. The van der Waals surface area contributed by atoms with Gasteiger partial charge in [0, 0.05) is 22.6 Å². The molecule has 0 saturated heterocycles. The van der Waals surface area contributed by atoms with E-state index < -0.39 is 5.92 Å². The number of fused-ring (bicyclic) bond motifs is 1. The Morgan fingerprint density at radius 2 is 1.90 bits per heavy atom. The SMILES string of the molecule is N#CC1=C(N)N(c2sc3c(c2C#N)CCCCC3)C2=C(C(=O)CCC2)[C@H]1c1ccsc1. The van der Waals surface area contributed by atoms with Crippen molar-refractivity contribution < 1.29 is 4.79 Å². The van der Waals surface area contributed by atoms with E-state index in [1.54, 1.807) is 22.7 Å². The van der Waals surface area contributed by atoms with Crippen LogP contribution in [-0.2, 0) is 17.6 Å². The molecule has 0 radical (unpaired) electrons. The Bertz CT molecular complexity index is 1200. The summed E-state index contributed by atoms with van der Waals surface area (Å²) in [5.74, 6) is 0.0259. The standard InChI is InChI=1S/C24H22N4OS2/c25-11-16-15-5-2-1-3-8-20(15)31-24(16)28-18-6-4-7-19(29)22(18)21(14-9-10-30-13-14)17(12-26)23(28)27/h9-10,13,21H,1-8,27H2/t21-/m0/s1. The lowest BCUT2D eigenvalue weighted by Crippen LogP contribution is -2.38. The summed E-state index contributed by atoms with van der Waals surface area (Å²) in [4.78, 5) is 16.3. The van der Waals surface area contributed by atoms with Gasteiger partial charge in [0.05, 0.1) is 23.1 Å². The number of carbonyl (C=O) groups is 1. The number of Topliss-reactive ketones (excluding diaryl/α,β-unsaturated/α-hetero) is 1. The van der Waals surface area contributed by atoms with Crippen LogP contribution in [0.3, 0.4) is 0 Å². The van der Waals surface area contributed by atoms with Crippen molar-refractivity contribution in [2.75, 3.05) is 4.90 Å². The maximum Gasteiger partial charge on any atom is 0.161 e. The van der Waals surface area contributed by atoms with Crippen molar-refractivity contribution in [1.82, 2.24) is 0 Å². The second kappa shape index (κ2) is 8.00. The van der Waals surface area contributed by atoms with Gasteiger partial charge in [-0.05, 0) is 66.5 Å². The third kappa shape index (κ3) is 3.12. The van der Waals surface area contributed by atoms with Gasteiger partial charge in [0.2, 0.25) is 0 Å². The van der Waals surface area contributed by atoms with Crippen LogP contribution in [0.1, 0.15) is 66.0 Å². The highest BCUT2D eigenvalue weighted by molar-refractivity contribution is 7.16. The number of allylic oxidation sites excluding steroid dienone is 3. The molecule has 0 bridgehead atoms. The van der Waals surface area contributed by atoms with Gasteiger partial charge in [0.1, 0.15) is 16.9 Å². The second-order valence-electron chi connectivity index (χ2n) is 8.23. The minimum atomic E-state index is -0.418. The molecule has 0 saturated carbocycles. The van der Waals surface area contributed by atoms with Crippen LogP contribution in [0.15, 0.2) is 39.5 Å². The number of thiophene rings is 2. The first-order valence-electron chi connectivity index (χ1n) is 10.7. The monoisotopic (exact) mass is 446 g/mol. The van der Waals surface area contributed by atoms with Gasteiger partial charge in [-0.3, -0.25) is 9.69 Å². The Morgan fingerprint density at radius 3 is 2.65 bits per heavy atom. The van der Waals surface area contributed by atoms with Crippen molar-refractivity contribution in [3.8, 4) is 12.1 Å². The molecule has 2 N–H and O–H groups in total. The number of nitriles is 2. The second-order valence-corrected chi connectivity index (χ2v) is 10.1. The number of hydrogen-bond acceptors (Lipinski definition) is 7. The molecule has 3 heterocycles. The molecule has 0 spiro atoms. The van der Waals surface area contributed by atoms with Gasteiger partial charge in [-0.2, -0.15) is 21.9 Å². The van der Waals surface area contributed by atoms with Crippen molar-refractivity contribution in [2.24, 2.45) is 5.73 Å². The molecular formula is C24H22N4OS2. The smallest absolute Gasteiger partial charge is 0.161 e. The molecule has 1 aliphatic heterocycles. The Hall–Kier alpha value is -2.87. The maximum absolute atomic E-state index is 13.2. The van der Waals surface area contributed by atoms with Crippen LogP contribution < -0.4 is 10.6 Å². The highest BCUT2D eigenvalue weighted by atomic mass is 32.1. The van der Waals surface area contributed by atoms with E-state index in [2.05, 4.69) is 12.1 Å². The van der Waals surface area contributed by atoms with Crippen LogP contribution in [-0.4, -0.2) is 5.78 Å². The van der Waals surface area contributed by atoms with Crippen LogP contribution in [0.2, 0.25) is 0 Å². The first kappa shape index (κ1) is 20.1. The minimum Gasteiger partial charge on any atom is -0.384 e. The molecule has 156 valence electrons. The molecule has 7 heteroatoms. The Balaban J connectivity index is 1.75. The number of nitrogens with two attached hydrogens (primary N) is 1. The predicted molar refractivity (Wildman–Crippen MR) is 123 cm³/mol. The Morgan fingerprint density at radius 1 is 1.06 bits per heavy atom. The van der Waals surface area contributed by atoms with Gasteiger partial charge in [-0.25, -0.2) is 0 Å². The number of anilines is 1. The van der Waals surface area contributed by atoms with E-state index in [0.29, 0.717) is 35.4 Å². The lowest BCUT2D eigenvalue weighted by atomic mass is 9.76. The average Bonchev–Trinajstić information content (AvgIpc) is 3.35. The van der Waals surface area contributed by atoms with Crippen LogP contribution in [0.4, 0.5) is 5.00 Å². The number of hydrogen-bond donors (Lipinski definition) is 1. The van der Waals surface area contributed by atoms with Crippen molar-refractivity contribution >= 4 is 33.5 Å². The van der Waals surface area contributed by atoms with E-state index in [4.69, 9.17) is 5.73 Å². The molecular weight excluding hydrogens is 424 g/mol. The first-order valence-corrected chi connectivity index (χ1v) is 12.4. The zero-order valence-corrected chi connectivity index (χ0v) is 18.7. The third-order valence-electron chi connectivity index (χ3n) is 6.51. The van der Waals surface area contributed by atoms with Crippen LogP contribution in [0.25, 0.3) is 0 Å². The summed E-state index contributed by atoms with van der Waals surface area (Å²) in [6, 6.07) is 6.71. The van der Waals surface area contributed by atoms with Crippen LogP contribution >= 0.6 is 22.7 Å². The molecule has 2 aromatic heterocycles. The van der Waals surface area contributed by atoms with E-state index in [1.807, 2.05) is 21.7 Å². The third-order valence-corrected chi connectivity index (χ3v) is 8.49. The van der Waals surface area contributed by atoms with Crippen molar-refractivity contribution in [3.63, 3.8) is 0 Å². The number of nitrogens with zero attached hydrogens (tertiary/aromatic N) is 3. The Kier molecular flexibility index (Phi) is 5.17. The van der Waals surface area contributed by atoms with Crippen LogP contribution in [0, 0.1) is 22.7 Å². The normalized spacial score (nSPS) is 21.3. The number of ketones is 1. The highest BCUT2D eigenvalue weighted by Gasteiger charge is 2.41. The molecule has 0 unspecified atom stereocenters. The molecule has 2 aliphatic carbocycles. The van der Waals surface area contributed by atoms with Crippen molar-refractivity contribution in [2.45, 2.75) is 57.3 Å². The summed E-state index contributed by atoms with van der Waals surface area (Å²) in [6.07, 6.45) is 7.22. The zero-order valence-electron chi connectivity index (χ0n) is 17.1. The van der Waals surface area contributed by atoms with Crippen LogP contribution in [0.5, 0.6) is 0 Å². The largest absolute Gasteiger partial charge is 0.384 e. The maximum atomic E-state index is 13.2. The van der Waals surface area contributed by atoms with Gasteiger partial charge >= 0.3 is 0 Å². The predicted octanol–water partition coefficient (Wildman–Crippen LogP) is 5.25. The molecule has 3 aliphatic rings. The summed E-state index contributed by atoms with van der Waals surface area (Å²) in [5, 5.41) is 24.9. The summed E-state index contributed by atoms with van der Waals surface area (Å²) in [7, 11) is 0. The number of carbonyl (C=O) groups excluding carboxylic acids is 1. The van der Waals surface area contributed by atoms with E-state index >= 15 is 0 Å². The molecule has 0 aromatic carbocycles. The van der Waals surface area contributed by atoms with E-state index in [1.165, 1.54) is 11.3 Å². The highest BCUT2D eigenvalue weighted by Crippen LogP contribution is 2.50. The van der Waals surface area contributed by atoms with E-state index in [-0.39, 0.29) is 5.78 Å². The fourth-order valence-electron chi connectivity index (χ4n) is 5.09. The number of rotatable bonds is 2. The average molecular weight is 447 g/mol. The molecule has 5 nitrogen and oxygen atoms in total. The summed E-state index contributed by atoms with van der Waals surface area (Å²) < 4.78 is 0. The summed E-state index contributed by atoms with van der Waals surface area (Å²) in [5.41, 5.74) is 11.4. The fraction of sp³-hybridized carbons (Fsp3) is 0.375. The first-order chi connectivity index (χ1) is 15.2. The number of aryl methyl sites for hydroxylation is 1. The van der Waals surface area contributed by atoms with Gasteiger partial charge in [0.15, 0.2) is 5.78 Å². The minimum absolute atomic E-state index is 0.0827. The lowest BCUT2D eigenvalue weighted by Gasteiger charge is -2.38. The lowest BCUT2D eigenvalue weighted by molar-refractivity contribution is -0.116. The molecule has 31 heavy (non-hydrogen) atoms. The van der Waals surface area contributed by atoms with Crippen molar-refractivity contribution in [1.29, 1.82) is 10.5 Å². The molecule has 1 atom stereocenters. The van der Waals surface area contributed by atoms with Gasteiger partial charge < -0.3 is 5.73 Å². The quantitative estimate of drug-likeness (QED) is 0.636. The molecule has 5 rings (SSSR count). The topological polar surface area (TPSA) is 93.9 Å². The van der Waals surface area contributed by atoms with E-state index in [0.717, 1.165) is 53.9 Å². The van der Waals surface area contributed by atoms with Gasteiger partial charge in [-0.1, -0.05) is 6.42 Å². The zero-order chi connectivity index (χ0) is 21.5. The molecule has 2 aromatic rings. The van der Waals surface area contributed by atoms with Gasteiger partial charge in [-0.15, -0.1) is 11.3 Å². The molecule has 0 fully saturated rings. The van der Waals surface area contributed by atoms with Gasteiger partial charge in [0.25, 0.3) is 0 Å². The Labute approximate surface area is 189 Å². The molecule has 0 amide bonds. The van der Waals surface area contributed by atoms with E-state index in [9.17, 15) is 15.3 Å².